The molecular weight excluding hydrogens is 275 g/mol. The minimum absolute atomic E-state index is 0.131. The molecule has 0 fully saturated rings. The molecule has 20 heavy (non-hydrogen) atoms. The average molecular weight is 289 g/mol. The number of hydrogen-bond acceptors (Lipinski definition) is 2. The average Bonchev–Trinajstić information content (AvgIpc) is 2.37. The van der Waals surface area contributed by atoms with Crippen molar-refractivity contribution in [2.24, 2.45) is 0 Å². The first-order valence-electron chi connectivity index (χ1n) is 5.92. The van der Waals surface area contributed by atoms with Gasteiger partial charge in [-0.25, -0.2) is 4.79 Å². The van der Waals surface area contributed by atoms with Gasteiger partial charge in [0.25, 0.3) is 0 Å². The van der Waals surface area contributed by atoms with E-state index in [1.165, 1.54) is 0 Å². The van der Waals surface area contributed by atoms with Crippen LogP contribution in [0.4, 0.5) is 13.2 Å². The number of alkyl halides is 3. The Hall–Kier alpha value is -2.05. The van der Waals surface area contributed by atoms with Crippen molar-refractivity contribution in [3.05, 3.63) is 35.4 Å². The topological polar surface area (TPSA) is 57.6 Å². The molecule has 0 saturated heterocycles. The lowest BCUT2D eigenvalue weighted by atomic mass is 10.0. The Morgan fingerprint density at radius 2 is 1.90 bits per heavy atom. The van der Waals surface area contributed by atoms with Crippen molar-refractivity contribution < 1.29 is 27.9 Å². The summed E-state index contributed by atoms with van der Waals surface area (Å²) in [6, 6.07) is 2.48. The molecule has 0 saturated carbocycles. The number of benzene rings is 1. The third kappa shape index (κ3) is 3.72. The molecule has 0 aromatic heterocycles. The van der Waals surface area contributed by atoms with E-state index in [-0.39, 0.29) is 12.1 Å². The van der Waals surface area contributed by atoms with Gasteiger partial charge in [0.2, 0.25) is 6.41 Å². The number of aliphatic carboxylic acids is 1. The van der Waals surface area contributed by atoms with E-state index in [2.05, 4.69) is 0 Å². The van der Waals surface area contributed by atoms with Gasteiger partial charge in [0.05, 0.1) is 5.56 Å². The fraction of sp³-hybridized carbons (Fsp3) is 0.385. The SMILES string of the molecule is CCCN(C=O)C(C(=O)O)c1ccc(C(F)(F)F)cc1. The van der Waals surface area contributed by atoms with Gasteiger partial charge in [0.15, 0.2) is 6.04 Å². The van der Waals surface area contributed by atoms with E-state index >= 15 is 0 Å². The minimum atomic E-state index is -4.48. The Kier molecular flexibility index (Phi) is 5.12. The summed E-state index contributed by atoms with van der Waals surface area (Å²) in [6.07, 6.45) is -3.55. The fourth-order valence-electron chi connectivity index (χ4n) is 1.83. The van der Waals surface area contributed by atoms with Gasteiger partial charge in [-0.3, -0.25) is 4.79 Å². The molecule has 1 atom stereocenters. The van der Waals surface area contributed by atoms with Gasteiger partial charge in [-0.1, -0.05) is 19.1 Å². The molecule has 1 aromatic rings. The van der Waals surface area contributed by atoms with Crippen LogP contribution < -0.4 is 0 Å². The second-order valence-electron chi connectivity index (χ2n) is 4.20. The maximum Gasteiger partial charge on any atom is 0.416 e. The number of carboxylic acids is 1. The molecule has 1 unspecified atom stereocenters. The number of carbonyl (C=O) groups excluding carboxylic acids is 1. The first-order chi connectivity index (χ1) is 9.31. The summed E-state index contributed by atoms with van der Waals surface area (Å²) < 4.78 is 37.3. The first kappa shape index (κ1) is 16.0. The summed E-state index contributed by atoms with van der Waals surface area (Å²) in [5.41, 5.74) is -0.732. The van der Waals surface area contributed by atoms with Crippen LogP contribution in [0.2, 0.25) is 0 Å². The van der Waals surface area contributed by atoms with E-state index in [4.69, 9.17) is 5.11 Å². The lowest BCUT2D eigenvalue weighted by molar-refractivity contribution is -0.146. The van der Waals surface area contributed by atoms with Gasteiger partial charge < -0.3 is 10.0 Å². The molecule has 0 heterocycles. The van der Waals surface area contributed by atoms with Crippen molar-refractivity contribution in [2.75, 3.05) is 6.54 Å². The molecule has 0 aliphatic rings. The largest absolute Gasteiger partial charge is 0.479 e. The molecule has 1 aromatic carbocycles. The van der Waals surface area contributed by atoms with Gasteiger partial charge in [-0.05, 0) is 24.1 Å². The molecule has 0 radical (unpaired) electrons. The van der Waals surface area contributed by atoms with Crippen molar-refractivity contribution in [1.82, 2.24) is 4.90 Å². The van der Waals surface area contributed by atoms with E-state index in [1.807, 2.05) is 0 Å². The van der Waals surface area contributed by atoms with Crippen LogP contribution in [0.1, 0.15) is 30.5 Å². The maximum absolute atomic E-state index is 12.4. The fourth-order valence-corrected chi connectivity index (χ4v) is 1.83. The van der Waals surface area contributed by atoms with Gasteiger partial charge in [-0.15, -0.1) is 0 Å². The van der Waals surface area contributed by atoms with Crippen LogP contribution in [0.5, 0.6) is 0 Å². The Morgan fingerprint density at radius 3 is 2.25 bits per heavy atom. The lowest BCUT2D eigenvalue weighted by Crippen LogP contribution is -2.33. The van der Waals surface area contributed by atoms with Crippen LogP contribution in [-0.4, -0.2) is 28.9 Å². The zero-order valence-electron chi connectivity index (χ0n) is 10.7. The van der Waals surface area contributed by atoms with E-state index in [0.717, 1.165) is 29.2 Å². The number of halogens is 3. The van der Waals surface area contributed by atoms with Gasteiger partial charge >= 0.3 is 12.1 Å². The number of hydrogen-bond donors (Lipinski definition) is 1. The normalized spacial score (nSPS) is 12.8. The van der Waals surface area contributed by atoms with E-state index in [0.29, 0.717) is 12.8 Å². The van der Waals surface area contributed by atoms with E-state index in [1.54, 1.807) is 6.92 Å². The highest BCUT2D eigenvalue weighted by Gasteiger charge is 2.31. The molecule has 4 nitrogen and oxygen atoms in total. The molecule has 0 aliphatic heterocycles. The molecule has 7 heteroatoms. The van der Waals surface area contributed by atoms with Crippen LogP contribution >= 0.6 is 0 Å². The number of nitrogens with zero attached hydrogens (tertiary/aromatic N) is 1. The Bertz CT molecular complexity index is 471. The first-order valence-corrected chi connectivity index (χ1v) is 5.92. The summed E-state index contributed by atoms with van der Waals surface area (Å²) in [6.45, 7) is 1.98. The predicted molar refractivity (Wildman–Crippen MR) is 64.9 cm³/mol. The van der Waals surface area contributed by atoms with Gasteiger partial charge in [0.1, 0.15) is 0 Å². The molecule has 1 rings (SSSR count). The monoisotopic (exact) mass is 289 g/mol. The van der Waals surface area contributed by atoms with Crippen molar-refractivity contribution in [3.8, 4) is 0 Å². The summed E-state index contributed by atoms with van der Waals surface area (Å²) in [4.78, 5) is 23.2. The summed E-state index contributed by atoms with van der Waals surface area (Å²) in [5, 5.41) is 9.16. The standard InChI is InChI=1S/C13H14F3NO3/c1-2-7-17(8-18)11(12(19)20)9-3-5-10(6-4-9)13(14,15)16/h3-6,8,11H,2,7H2,1H3,(H,19,20). The van der Waals surface area contributed by atoms with Crippen LogP contribution in [0, 0.1) is 0 Å². The molecule has 1 N–H and O–H groups in total. The Morgan fingerprint density at radius 1 is 1.35 bits per heavy atom. The lowest BCUT2D eigenvalue weighted by Gasteiger charge is -2.25. The number of carbonyl (C=O) groups is 2. The minimum Gasteiger partial charge on any atom is -0.479 e. The zero-order valence-corrected chi connectivity index (χ0v) is 10.7. The Labute approximate surface area is 113 Å². The molecule has 0 bridgehead atoms. The third-order valence-corrected chi connectivity index (χ3v) is 2.74. The predicted octanol–water partition coefficient (Wildman–Crippen LogP) is 2.70. The van der Waals surface area contributed by atoms with Crippen LogP contribution in [-0.2, 0) is 15.8 Å². The Balaban J connectivity index is 3.10. The van der Waals surface area contributed by atoms with Crippen molar-refractivity contribution in [1.29, 1.82) is 0 Å². The van der Waals surface area contributed by atoms with Crippen molar-refractivity contribution in [2.45, 2.75) is 25.6 Å². The van der Waals surface area contributed by atoms with Gasteiger partial charge in [-0.2, -0.15) is 13.2 Å². The molecule has 110 valence electrons. The summed E-state index contributed by atoms with van der Waals surface area (Å²) >= 11 is 0. The third-order valence-electron chi connectivity index (χ3n) is 2.74. The zero-order chi connectivity index (χ0) is 15.3. The number of rotatable bonds is 6. The number of amides is 1. The second kappa shape index (κ2) is 6.40. The number of carboxylic acid groups (broad SMARTS) is 1. The maximum atomic E-state index is 12.4. The summed E-state index contributed by atoms with van der Waals surface area (Å²) in [5.74, 6) is -1.29. The van der Waals surface area contributed by atoms with Crippen LogP contribution in [0.3, 0.4) is 0 Å². The second-order valence-corrected chi connectivity index (χ2v) is 4.20. The smallest absolute Gasteiger partial charge is 0.416 e. The quantitative estimate of drug-likeness (QED) is 0.819. The molecular formula is C13H14F3NO3. The highest BCUT2D eigenvalue weighted by molar-refractivity contribution is 5.78. The van der Waals surface area contributed by atoms with Crippen LogP contribution in [0.15, 0.2) is 24.3 Å². The molecule has 0 spiro atoms. The highest BCUT2D eigenvalue weighted by Crippen LogP contribution is 2.30. The summed E-state index contributed by atoms with van der Waals surface area (Å²) in [7, 11) is 0. The highest BCUT2D eigenvalue weighted by atomic mass is 19.4. The molecule has 1 amide bonds. The van der Waals surface area contributed by atoms with E-state index < -0.39 is 23.8 Å². The van der Waals surface area contributed by atoms with Crippen molar-refractivity contribution in [3.63, 3.8) is 0 Å². The van der Waals surface area contributed by atoms with Crippen LogP contribution in [0.25, 0.3) is 0 Å². The van der Waals surface area contributed by atoms with Gasteiger partial charge in [0, 0.05) is 6.54 Å². The van der Waals surface area contributed by atoms with Crippen molar-refractivity contribution >= 4 is 12.4 Å². The van der Waals surface area contributed by atoms with E-state index in [9.17, 15) is 22.8 Å². The molecule has 0 aliphatic carbocycles.